The van der Waals surface area contributed by atoms with Crippen molar-refractivity contribution in [3.63, 3.8) is 0 Å². The van der Waals surface area contributed by atoms with Crippen LogP contribution in [0.15, 0.2) is 23.1 Å². The van der Waals surface area contributed by atoms with Gasteiger partial charge in [-0.2, -0.15) is 9.57 Å². The Morgan fingerprint density at radius 2 is 2.05 bits per heavy atom. The smallest absolute Gasteiger partial charge is 0.246 e. The van der Waals surface area contributed by atoms with Crippen LogP contribution < -0.4 is 0 Å². The van der Waals surface area contributed by atoms with E-state index in [9.17, 15) is 17.9 Å². The SMILES string of the molecule is CCN(CC(C)(C)O)S(=O)(=O)c1ccc(C#N)cc1F. The summed E-state index contributed by atoms with van der Waals surface area (Å²) < 4.78 is 39.5. The van der Waals surface area contributed by atoms with Gasteiger partial charge in [0.2, 0.25) is 10.0 Å². The van der Waals surface area contributed by atoms with Crippen molar-refractivity contribution in [3.8, 4) is 6.07 Å². The lowest BCUT2D eigenvalue weighted by atomic mass is 10.1. The molecule has 0 amide bonds. The van der Waals surface area contributed by atoms with Gasteiger partial charge in [0.25, 0.3) is 0 Å². The van der Waals surface area contributed by atoms with Gasteiger partial charge < -0.3 is 5.11 Å². The maximum atomic E-state index is 13.8. The van der Waals surface area contributed by atoms with E-state index in [1.807, 2.05) is 0 Å². The van der Waals surface area contributed by atoms with E-state index in [0.717, 1.165) is 16.4 Å². The molecule has 20 heavy (non-hydrogen) atoms. The Bertz CT molecular complexity index is 630. The molecule has 0 heterocycles. The van der Waals surface area contributed by atoms with Gasteiger partial charge in [-0.15, -0.1) is 0 Å². The van der Waals surface area contributed by atoms with E-state index in [4.69, 9.17) is 5.26 Å². The second-order valence-electron chi connectivity index (χ2n) is 5.00. The maximum absolute atomic E-state index is 13.8. The summed E-state index contributed by atoms with van der Waals surface area (Å²) in [7, 11) is -4.05. The van der Waals surface area contributed by atoms with Crippen LogP contribution in [0, 0.1) is 17.1 Å². The molecular formula is C13H17FN2O3S. The van der Waals surface area contributed by atoms with Crippen LogP contribution in [0.2, 0.25) is 0 Å². The molecule has 0 saturated heterocycles. The molecule has 0 unspecified atom stereocenters. The van der Waals surface area contributed by atoms with E-state index in [2.05, 4.69) is 0 Å². The number of likely N-dealkylation sites (N-methyl/N-ethyl adjacent to an activating group) is 1. The number of halogens is 1. The fourth-order valence-electron chi connectivity index (χ4n) is 1.72. The molecule has 0 spiro atoms. The largest absolute Gasteiger partial charge is 0.389 e. The molecule has 1 N–H and O–H groups in total. The van der Waals surface area contributed by atoms with Crippen LogP contribution >= 0.6 is 0 Å². The number of nitrogens with zero attached hydrogens (tertiary/aromatic N) is 2. The van der Waals surface area contributed by atoms with Crippen LogP contribution in [0.3, 0.4) is 0 Å². The Morgan fingerprint density at radius 3 is 2.45 bits per heavy atom. The normalized spacial score (nSPS) is 12.4. The van der Waals surface area contributed by atoms with Crippen LogP contribution in [0.25, 0.3) is 0 Å². The molecule has 1 aromatic rings. The summed E-state index contributed by atoms with van der Waals surface area (Å²) >= 11 is 0. The van der Waals surface area contributed by atoms with Crippen molar-refractivity contribution in [2.75, 3.05) is 13.1 Å². The first kappa shape index (κ1) is 16.6. The molecule has 0 aliphatic carbocycles. The lowest BCUT2D eigenvalue weighted by molar-refractivity contribution is 0.0601. The Labute approximate surface area is 118 Å². The number of hydrogen-bond donors (Lipinski definition) is 1. The summed E-state index contributed by atoms with van der Waals surface area (Å²) in [6.07, 6.45) is 0. The molecule has 5 nitrogen and oxygen atoms in total. The molecule has 0 atom stereocenters. The first-order valence-electron chi connectivity index (χ1n) is 6.04. The Hall–Kier alpha value is -1.49. The van der Waals surface area contributed by atoms with Crippen molar-refractivity contribution in [2.45, 2.75) is 31.3 Å². The lowest BCUT2D eigenvalue weighted by Gasteiger charge is -2.27. The standard InChI is InChI=1S/C13H17FN2O3S/c1-4-16(9-13(2,3)17)20(18,19)12-6-5-10(8-15)7-11(12)14/h5-7,17H,4,9H2,1-3H3. The third kappa shape index (κ3) is 3.76. The first-order valence-corrected chi connectivity index (χ1v) is 7.48. The highest BCUT2D eigenvalue weighted by Crippen LogP contribution is 2.21. The van der Waals surface area contributed by atoms with Crippen LogP contribution in [-0.2, 0) is 10.0 Å². The van der Waals surface area contributed by atoms with Gasteiger partial charge in [0.15, 0.2) is 0 Å². The summed E-state index contributed by atoms with van der Waals surface area (Å²) in [6.45, 7) is 4.50. The molecule has 0 fully saturated rings. The number of aliphatic hydroxyl groups is 1. The third-order valence-electron chi connectivity index (χ3n) is 2.59. The zero-order chi connectivity index (χ0) is 15.6. The van der Waals surface area contributed by atoms with E-state index < -0.39 is 26.3 Å². The number of nitriles is 1. The average Bonchev–Trinajstić information content (AvgIpc) is 2.34. The van der Waals surface area contributed by atoms with Gasteiger partial charge in [-0.25, -0.2) is 12.8 Å². The second kappa shape index (κ2) is 5.87. The highest BCUT2D eigenvalue weighted by atomic mass is 32.2. The third-order valence-corrected chi connectivity index (χ3v) is 4.55. The van der Waals surface area contributed by atoms with Crippen LogP contribution in [0.5, 0.6) is 0 Å². The summed E-state index contributed by atoms with van der Waals surface area (Å²) in [4.78, 5) is -0.498. The monoisotopic (exact) mass is 300 g/mol. The predicted octanol–water partition coefficient (Wildman–Crippen LogP) is 1.48. The number of benzene rings is 1. The van der Waals surface area contributed by atoms with Gasteiger partial charge >= 0.3 is 0 Å². The number of sulfonamides is 1. The fourth-order valence-corrected chi connectivity index (χ4v) is 3.37. The summed E-state index contributed by atoms with van der Waals surface area (Å²) in [5.41, 5.74) is -1.18. The lowest BCUT2D eigenvalue weighted by Crippen LogP contribution is -2.42. The molecule has 0 aliphatic rings. The van der Waals surface area contributed by atoms with Crippen LogP contribution in [0.4, 0.5) is 4.39 Å². The Kier molecular flexibility index (Phi) is 4.86. The van der Waals surface area contributed by atoms with Crippen molar-refractivity contribution < 1.29 is 17.9 Å². The second-order valence-corrected chi connectivity index (χ2v) is 6.91. The summed E-state index contributed by atoms with van der Waals surface area (Å²) in [5.74, 6) is -0.974. The van der Waals surface area contributed by atoms with Crippen LogP contribution in [0.1, 0.15) is 26.3 Å². The van der Waals surface area contributed by atoms with Crippen molar-refractivity contribution in [3.05, 3.63) is 29.6 Å². The average molecular weight is 300 g/mol. The number of rotatable bonds is 5. The van der Waals surface area contributed by atoms with Gasteiger partial charge in [-0.05, 0) is 32.0 Å². The molecule has 0 radical (unpaired) electrons. The zero-order valence-corrected chi connectivity index (χ0v) is 12.4. The van der Waals surface area contributed by atoms with Crippen molar-refractivity contribution in [1.82, 2.24) is 4.31 Å². The quantitative estimate of drug-likeness (QED) is 0.893. The molecule has 0 aromatic heterocycles. The van der Waals surface area contributed by atoms with E-state index in [1.54, 1.807) is 13.0 Å². The molecule has 1 aromatic carbocycles. The topological polar surface area (TPSA) is 81.4 Å². The Balaban J connectivity index is 3.25. The van der Waals surface area contributed by atoms with Crippen molar-refractivity contribution in [1.29, 1.82) is 5.26 Å². The van der Waals surface area contributed by atoms with Gasteiger partial charge in [0.1, 0.15) is 10.7 Å². The molecule has 0 saturated carbocycles. The summed E-state index contributed by atoms with van der Waals surface area (Å²) in [5, 5.41) is 18.4. The van der Waals surface area contributed by atoms with Gasteiger partial charge in [0.05, 0.1) is 17.2 Å². The van der Waals surface area contributed by atoms with E-state index >= 15 is 0 Å². The van der Waals surface area contributed by atoms with Gasteiger partial charge in [-0.3, -0.25) is 0 Å². The van der Waals surface area contributed by atoms with Crippen molar-refractivity contribution >= 4 is 10.0 Å². The highest BCUT2D eigenvalue weighted by Gasteiger charge is 2.30. The summed E-state index contributed by atoms with van der Waals surface area (Å²) in [6, 6.07) is 4.93. The molecule has 0 bridgehead atoms. The molecule has 0 aliphatic heterocycles. The van der Waals surface area contributed by atoms with E-state index in [-0.39, 0.29) is 18.7 Å². The minimum atomic E-state index is -4.05. The zero-order valence-electron chi connectivity index (χ0n) is 11.6. The van der Waals surface area contributed by atoms with Gasteiger partial charge in [-0.1, -0.05) is 6.92 Å². The predicted molar refractivity (Wildman–Crippen MR) is 71.8 cm³/mol. The van der Waals surface area contributed by atoms with Crippen molar-refractivity contribution in [2.24, 2.45) is 0 Å². The first-order chi connectivity index (χ1) is 9.11. The molecule has 110 valence electrons. The van der Waals surface area contributed by atoms with Gasteiger partial charge in [0, 0.05) is 13.1 Å². The fraction of sp³-hybridized carbons (Fsp3) is 0.462. The molecule has 7 heteroatoms. The Morgan fingerprint density at radius 1 is 1.45 bits per heavy atom. The van der Waals surface area contributed by atoms with E-state index in [1.165, 1.54) is 19.9 Å². The maximum Gasteiger partial charge on any atom is 0.246 e. The minimum Gasteiger partial charge on any atom is -0.389 e. The molecule has 1 rings (SSSR count). The van der Waals surface area contributed by atoms with Crippen LogP contribution in [-0.4, -0.2) is 36.5 Å². The minimum absolute atomic E-state index is 0.0481. The molecular weight excluding hydrogens is 283 g/mol. The number of hydrogen-bond acceptors (Lipinski definition) is 4. The highest BCUT2D eigenvalue weighted by molar-refractivity contribution is 7.89. The van der Waals surface area contributed by atoms with E-state index in [0.29, 0.717) is 0 Å².